The van der Waals surface area contributed by atoms with E-state index in [1.165, 1.54) is 0 Å². The van der Waals surface area contributed by atoms with Crippen LogP contribution in [0.15, 0.2) is 0 Å². The monoisotopic (exact) mass is 170 g/mol. The van der Waals surface area contributed by atoms with Crippen molar-refractivity contribution in [3.63, 3.8) is 0 Å². The summed E-state index contributed by atoms with van der Waals surface area (Å²) in [6.07, 6.45) is 10.3. The largest absolute Gasteiger partial charge is 0.285 e. The molecule has 0 fully saturated rings. The Balaban J connectivity index is 3.90. The smallest absolute Gasteiger partial charge is 0.0303 e. The van der Waals surface area contributed by atoms with Gasteiger partial charge in [-0.3, -0.25) is 4.21 Å². The average Bonchev–Trinajstić information content (AvgIpc) is 1.14. The Kier molecular flexibility index (Phi) is 2.77. The van der Waals surface area contributed by atoms with E-state index in [0.29, 0.717) is 0 Å². The Morgan fingerprint density at radius 2 is 1.56 bits per heavy atom. The van der Waals surface area contributed by atoms with E-state index in [0.717, 1.165) is 5.08 Å². The second kappa shape index (κ2) is 2.62. The van der Waals surface area contributed by atoms with Gasteiger partial charge in [-0.2, -0.15) is 0 Å². The van der Waals surface area contributed by atoms with Crippen LogP contribution < -0.4 is 0 Å². The van der Waals surface area contributed by atoms with E-state index in [4.69, 9.17) is 0 Å². The molecule has 0 spiro atoms. The highest BCUT2D eigenvalue weighted by atomic mass is 32.3. The summed E-state index contributed by atoms with van der Waals surface area (Å²) in [7, 11) is -2.30. The van der Waals surface area contributed by atoms with Crippen LogP contribution in [0.1, 0.15) is 0 Å². The lowest BCUT2D eigenvalue weighted by Crippen LogP contribution is -2.16. The predicted octanol–water partition coefficient (Wildman–Crippen LogP) is 0.914. The summed E-state index contributed by atoms with van der Waals surface area (Å²) in [5.41, 5.74) is 0. The molecule has 0 unspecified atom stereocenters. The van der Waals surface area contributed by atoms with Crippen LogP contribution in [0.3, 0.4) is 0 Å². The van der Waals surface area contributed by atoms with Crippen LogP contribution in [0.25, 0.3) is 0 Å². The maximum absolute atomic E-state index is 11.3. The van der Waals surface area contributed by atoms with Gasteiger partial charge in [-0.25, -0.2) is 10.0 Å². The van der Waals surface area contributed by atoms with E-state index in [9.17, 15) is 4.21 Å². The molecule has 0 rings (SSSR count). The topological polar surface area (TPSA) is 17.1 Å². The van der Waals surface area contributed by atoms with Crippen molar-refractivity contribution in [2.24, 2.45) is 0 Å². The third-order valence-electron chi connectivity index (χ3n) is 0.698. The third kappa shape index (κ3) is 8.50. The van der Waals surface area contributed by atoms with Crippen molar-refractivity contribution in [1.29, 1.82) is 0 Å². The van der Waals surface area contributed by atoms with E-state index in [1.807, 2.05) is 12.5 Å². The Morgan fingerprint density at radius 1 is 1.22 bits per heavy atom. The molecule has 1 nitrogen and oxygen atoms in total. The Labute approximate surface area is 61.0 Å². The minimum atomic E-state index is -1.75. The molecule has 0 N–H and O–H groups in total. The molecule has 0 heterocycles. The number of hydrogen-bond donors (Lipinski definition) is 1. The van der Waals surface area contributed by atoms with E-state index < -0.39 is 20.0 Å². The van der Waals surface area contributed by atoms with E-state index in [-0.39, 0.29) is 0 Å². The third-order valence-corrected chi connectivity index (χ3v) is 6.28. The van der Waals surface area contributed by atoms with Crippen molar-refractivity contribution < 1.29 is 4.21 Å². The van der Waals surface area contributed by atoms with Crippen molar-refractivity contribution >= 4 is 20.0 Å². The lowest BCUT2D eigenvalue weighted by molar-refractivity contribution is 0.681. The Morgan fingerprint density at radius 3 is 1.56 bits per heavy atom. The predicted molar refractivity (Wildman–Crippen MR) is 51.6 cm³/mol. The molecule has 0 aromatic carbocycles. The summed E-state index contributed by atoms with van der Waals surface area (Å²) in [5.74, 6) is 0. The molecular weight excluding hydrogens is 152 g/mol. The average molecular weight is 170 g/mol. The molecule has 0 radical (unpaired) electrons. The minimum Gasteiger partial charge on any atom is -0.285 e. The van der Waals surface area contributed by atoms with Gasteiger partial charge < -0.3 is 0 Å². The number of thiol groups is 1. The SMILES string of the molecule is CS(C)(C)C[SH](C)(C)=O. The van der Waals surface area contributed by atoms with Gasteiger partial charge in [-0.15, -0.1) is 9.93 Å². The van der Waals surface area contributed by atoms with E-state index >= 15 is 0 Å². The molecular formula is C6H18OS2. The van der Waals surface area contributed by atoms with Crippen molar-refractivity contribution in [3.05, 3.63) is 0 Å². The summed E-state index contributed by atoms with van der Waals surface area (Å²) in [5, 5.41) is 0.931. The Hall–Kier alpha value is 0.500. The van der Waals surface area contributed by atoms with Crippen LogP contribution in [0.2, 0.25) is 0 Å². The highest BCUT2D eigenvalue weighted by Crippen LogP contribution is 2.36. The van der Waals surface area contributed by atoms with Crippen LogP contribution in [0, 0.1) is 0 Å². The molecule has 9 heavy (non-hydrogen) atoms. The van der Waals surface area contributed by atoms with E-state index in [1.54, 1.807) is 0 Å². The van der Waals surface area contributed by atoms with Gasteiger partial charge >= 0.3 is 0 Å². The molecule has 0 aromatic heterocycles. The molecule has 0 atom stereocenters. The van der Waals surface area contributed by atoms with Crippen molar-refractivity contribution in [1.82, 2.24) is 0 Å². The molecule has 0 aromatic rings. The van der Waals surface area contributed by atoms with Crippen LogP contribution in [0.4, 0.5) is 0 Å². The normalized spacial score (nSPS) is 17.4. The van der Waals surface area contributed by atoms with Crippen LogP contribution in [-0.4, -0.2) is 40.6 Å². The number of rotatable bonds is 2. The second-order valence-electron chi connectivity index (χ2n) is 3.79. The van der Waals surface area contributed by atoms with E-state index in [2.05, 4.69) is 18.8 Å². The first-order chi connectivity index (χ1) is 3.71. The quantitative estimate of drug-likeness (QED) is 0.610. The Bertz CT molecular complexity index is 128. The first-order valence-corrected chi connectivity index (χ1v) is 8.72. The first-order valence-electron chi connectivity index (χ1n) is 2.91. The zero-order chi connectivity index (χ0) is 7.71. The maximum Gasteiger partial charge on any atom is 0.0303 e. The molecule has 0 saturated heterocycles. The van der Waals surface area contributed by atoms with Crippen molar-refractivity contribution in [2.75, 3.05) is 36.4 Å². The first kappa shape index (κ1) is 9.50. The van der Waals surface area contributed by atoms with Gasteiger partial charge in [0.1, 0.15) is 0 Å². The van der Waals surface area contributed by atoms with Crippen molar-refractivity contribution in [2.45, 2.75) is 0 Å². The zero-order valence-electron chi connectivity index (χ0n) is 6.97. The lowest BCUT2D eigenvalue weighted by Gasteiger charge is -2.29. The molecule has 0 aliphatic carbocycles. The molecule has 0 amide bonds. The van der Waals surface area contributed by atoms with Gasteiger partial charge in [0.05, 0.1) is 0 Å². The molecule has 0 bridgehead atoms. The van der Waals surface area contributed by atoms with Gasteiger partial charge in [-0.1, -0.05) is 0 Å². The minimum absolute atomic E-state index is 0.545. The van der Waals surface area contributed by atoms with Crippen LogP contribution >= 0.6 is 10.0 Å². The summed E-state index contributed by atoms with van der Waals surface area (Å²) < 4.78 is 11.3. The lowest BCUT2D eigenvalue weighted by atomic mass is 11.8. The van der Waals surface area contributed by atoms with Gasteiger partial charge in [0.2, 0.25) is 0 Å². The van der Waals surface area contributed by atoms with Gasteiger partial charge in [0.15, 0.2) is 0 Å². The summed E-state index contributed by atoms with van der Waals surface area (Å²) >= 11 is 0. The standard InChI is InChI=1S/C6H18OS2/c1-8(2,3)6-9(4,5)7/h9H,6H2,1-5H3. The molecule has 3 heteroatoms. The molecule has 0 aliphatic heterocycles. The summed E-state index contributed by atoms with van der Waals surface area (Å²) in [6.45, 7) is 0. The fourth-order valence-corrected chi connectivity index (χ4v) is 8.39. The zero-order valence-corrected chi connectivity index (χ0v) is 8.68. The summed E-state index contributed by atoms with van der Waals surface area (Å²) in [4.78, 5) is 0. The van der Waals surface area contributed by atoms with Crippen LogP contribution in [0.5, 0.6) is 0 Å². The molecule has 60 valence electrons. The second-order valence-corrected chi connectivity index (χ2v) is 12.2. The molecule has 0 aliphatic rings. The number of hydrogen-bond acceptors (Lipinski definition) is 1. The maximum atomic E-state index is 11.3. The van der Waals surface area contributed by atoms with Gasteiger partial charge in [0.25, 0.3) is 0 Å². The highest BCUT2D eigenvalue weighted by Gasteiger charge is 2.09. The molecule has 0 saturated carbocycles. The van der Waals surface area contributed by atoms with Gasteiger partial charge in [-0.05, 0) is 31.3 Å². The highest BCUT2D eigenvalue weighted by molar-refractivity contribution is 8.38. The fraction of sp³-hybridized carbons (Fsp3) is 1.00. The van der Waals surface area contributed by atoms with Gasteiger partial charge in [0, 0.05) is 5.08 Å². The van der Waals surface area contributed by atoms with Crippen molar-refractivity contribution in [3.8, 4) is 0 Å². The summed E-state index contributed by atoms with van der Waals surface area (Å²) in [6, 6.07) is 0. The van der Waals surface area contributed by atoms with Crippen LogP contribution in [-0.2, 0) is 9.93 Å². The fourth-order valence-electron chi connectivity index (χ4n) is 0.933.